The monoisotopic (exact) mass is 106 g/mol. The zero-order chi connectivity index (χ0) is 9.07. The van der Waals surface area contributed by atoms with Crippen LogP contribution in [0.15, 0.2) is 5.29 Å². The molecule has 0 rings (SSSR count). The summed E-state index contributed by atoms with van der Waals surface area (Å²) in [4.78, 5) is 9.96. The minimum absolute atomic E-state index is 0.0603. The van der Waals surface area contributed by atoms with Crippen molar-refractivity contribution >= 4 is 0 Å². The maximum Gasteiger partial charge on any atom is 0.0523 e. The Balaban J connectivity index is 4.36. The van der Waals surface area contributed by atoms with Gasteiger partial charge in [-0.3, -0.25) is 5.01 Å². The first-order valence-corrected chi connectivity index (χ1v) is 1.92. The lowest BCUT2D eigenvalue weighted by atomic mass is 10.6. The highest BCUT2D eigenvalue weighted by molar-refractivity contribution is 4.38. The van der Waals surface area contributed by atoms with Crippen molar-refractivity contribution in [2.45, 2.75) is 13.8 Å². The minimum Gasteiger partial charge on any atom is -0.261 e. The first-order valence-electron chi connectivity index (χ1n) is 4.07. The van der Waals surface area contributed by atoms with Crippen LogP contribution in [0.1, 0.15) is 19.3 Å². The van der Waals surface area contributed by atoms with Crippen molar-refractivity contribution in [1.82, 2.24) is 5.01 Å². The van der Waals surface area contributed by atoms with Gasteiger partial charge in [-0.1, -0.05) is 0 Å². The van der Waals surface area contributed by atoms with Gasteiger partial charge in [0.2, 0.25) is 0 Å². The quantitative estimate of drug-likeness (QED) is 0.397. The third-order valence-corrected chi connectivity index (χ3v) is 0.547. The first-order chi connectivity index (χ1) is 4.96. The summed E-state index contributed by atoms with van der Waals surface area (Å²) in [7, 11) is 0. The highest BCUT2D eigenvalue weighted by Crippen LogP contribution is 1.82. The van der Waals surface area contributed by atoms with Crippen molar-refractivity contribution in [3.8, 4) is 0 Å². The molecular formula is C4H10N2O. The zero-order valence-corrected chi connectivity index (χ0v) is 4.09. The summed E-state index contributed by atoms with van der Waals surface area (Å²) in [5.41, 5.74) is 0. The molecule has 0 aliphatic heterocycles. The Morgan fingerprint density at radius 2 is 2.86 bits per heavy atom. The number of hydrogen-bond acceptors (Lipinski definition) is 2. The van der Waals surface area contributed by atoms with Gasteiger partial charge in [0.1, 0.15) is 0 Å². The van der Waals surface area contributed by atoms with Gasteiger partial charge in [0.05, 0.1) is 8.03 Å². The van der Waals surface area contributed by atoms with E-state index >= 15 is 0 Å². The fraction of sp³-hybridized carbons (Fsp3) is 1.00. The molecule has 0 amide bonds. The lowest BCUT2D eigenvalue weighted by molar-refractivity contribution is 0.317. The lowest BCUT2D eigenvalue weighted by Gasteiger charge is -2.06. The molecule has 0 heterocycles. The summed E-state index contributed by atoms with van der Waals surface area (Å²) >= 11 is 0. The van der Waals surface area contributed by atoms with Gasteiger partial charge in [0.15, 0.2) is 0 Å². The Labute approximate surface area is 48.9 Å². The second kappa shape index (κ2) is 3.59. The van der Waals surface area contributed by atoms with Gasteiger partial charge in [-0.2, -0.15) is 0 Å². The molecule has 0 atom stereocenters. The molecule has 0 aromatic heterocycles. The van der Waals surface area contributed by atoms with Crippen LogP contribution in [0.3, 0.4) is 0 Å². The van der Waals surface area contributed by atoms with Gasteiger partial charge in [0.25, 0.3) is 0 Å². The molecular weight excluding hydrogens is 92.1 g/mol. The lowest BCUT2D eigenvalue weighted by Crippen LogP contribution is -2.14. The fourth-order valence-electron chi connectivity index (χ4n) is 0.173. The summed E-state index contributed by atoms with van der Waals surface area (Å²) in [6.07, 6.45) is 0. The van der Waals surface area contributed by atoms with Gasteiger partial charge in [-0.15, -0.1) is 4.91 Å². The van der Waals surface area contributed by atoms with Crippen LogP contribution in [0.5, 0.6) is 0 Å². The second-order valence-electron chi connectivity index (χ2n) is 0.927. The van der Waals surface area contributed by atoms with Crippen LogP contribution in [0, 0.1) is 4.91 Å². The third-order valence-electron chi connectivity index (χ3n) is 0.547. The van der Waals surface area contributed by atoms with Gasteiger partial charge in [0, 0.05) is 15.8 Å². The first kappa shape index (κ1) is 2.11. The van der Waals surface area contributed by atoms with Gasteiger partial charge >= 0.3 is 0 Å². The molecule has 0 saturated carbocycles. The van der Waals surface area contributed by atoms with Crippen LogP contribution < -0.4 is 0 Å². The van der Waals surface area contributed by atoms with E-state index in [1.165, 1.54) is 6.92 Å². The van der Waals surface area contributed by atoms with Crippen LogP contribution in [-0.2, 0) is 0 Å². The molecule has 0 aliphatic carbocycles. The van der Waals surface area contributed by atoms with E-state index in [-0.39, 0.29) is 6.54 Å². The zero-order valence-electron chi connectivity index (χ0n) is 8.09. The predicted octanol–water partition coefficient (Wildman–Crippen LogP) is 1.01. The normalized spacial score (nSPS) is 19.1. The van der Waals surface area contributed by atoms with E-state index in [0.29, 0.717) is 5.01 Å². The Morgan fingerprint density at radius 3 is 3.00 bits per heavy atom. The number of nitrogens with zero attached hydrogens (tertiary/aromatic N) is 2. The molecule has 3 nitrogen and oxygen atoms in total. The standard InChI is InChI=1S/C4H10N2O/c1-3-6(4-2)5-7/h3-4H2,1-2H3/i1D2,3D2. The van der Waals surface area contributed by atoms with E-state index in [0.717, 1.165) is 0 Å². The maximum absolute atomic E-state index is 9.96. The van der Waals surface area contributed by atoms with Gasteiger partial charge in [-0.25, -0.2) is 0 Å². The molecule has 0 unspecified atom stereocenters. The minimum atomic E-state index is -2.30. The number of hydrogen-bond donors (Lipinski definition) is 0. The number of nitroso groups, excluding NO2 is 1. The van der Waals surface area contributed by atoms with Crippen molar-refractivity contribution in [3.05, 3.63) is 4.91 Å². The van der Waals surface area contributed by atoms with E-state index in [9.17, 15) is 4.91 Å². The Kier molecular flexibility index (Phi) is 1.08. The SMILES string of the molecule is [2H]C([2H])C([2H])([2H])N(CC)N=O. The molecule has 0 N–H and O–H groups in total. The average Bonchev–Trinajstić information content (AvgIpc) is 1.89. The largest absolute Gasteiger partial charge is 0.261 e. The molecule has 0 saturated heterocycles. The van der Waals surface area contributed by atoms with Crippen molar-refractivity contribution in [3.63, 3.8) is 0 Å². The van der Waals surface area contributed by atoms with Crippen molar-refractivity contribution in [1.29, 1.82) is 0 Å². The highest BCUT2D eigenvalue weighted by Gasteiger charge is 1.88. The predicted molar refractivity (Wildman–Crippen MR) is 28.7 cm³/mol. The highest BCUT2D eigenvalue weighted by atomic mass is 16.3. The van der Waals surface area contributed by atoms with Crippen molar-refractivity contribution < 1.29 is 5.48 Å². The van der Waals surface area contributed by atoms with Crippen molar-refractivity contribution in [2.24, 2.45) is 5.29 Å². The Hall–Kier alpha value is -0.600. The van der Waals surface area contributed by atoms with Crippen LogP contribution >= 0.6 is 0 Å². The molecule has 3 heteroatoms. The van der Waals surface area contributed by atoms with Crippen molar-refractivity contribution in [2.75, 3.05) is 13.0 Å². The summed E-state index contributed by atoms with van der Waals surface area (Å²) in [5.74, 6) is 0. The van der Waals surface area contributed by atoms with Gasteiger partial charge in [-0.05, 0) is 13.8 Å². The van der Waals surface area contributed by atoms with Crippen LogP contribution in [0.25, 0.3) is 0 Å². The molecule has 0 aromatic carbocycles. The van der Waals surface area contributed by atoms with E-state index in [1.54, 1.807) is 0 Å². The molecule has 0 aliphatic rings. The second-order valence-corrected chi connectivity index (χ2v) is 0.927. The van der Waals surface area contributed by atoms with E-state index in [2.05, 4.69) is 5.29 Å². The van der Waals surface area contributed by atoms with Crippen LogP contribution in [0.2, 0.25) is 0 Å². The van der Waals surface area contributed by atoms with Gasteiger partial charge < -0.3 is 0 Å². The van der Waals surface area contributed by atoms with E-state index < -0.39 is 13.4 Å². The molecule has 0 bridgehead atoms. The maximum atomic E-state index is 9.96. The molecule has 0 radical (unpaired) electrons. The molecule has 7 heavy (non-hydrogen) atoms. The molecule has 42 valence electrons. The van der Waals surface area contributed by atoms with E-state index in [4.69, 9.17) is 5.48 Å². The summed E-state index contributed by atoms with van der Waals surface area (Å²) in [5, 5.41) is 2.91. The van der Waals surface area contributed by atoms with Crippen LogP contribution in [-0.4, -0.2) is 18.1 Å². The third kappa shape index (κ3) is 2.14. The Bertz CT molecular complexity index is 140. The molecule has 0 aromatic rings. The summed E-state index contributed by atoms with van der Waals surface area (Å²) in [6, 6.07) is 0. The Morgan fingerprint density at radius 1 is 2.14 bits per heavy atom. The topological polar surface area (TPSA) is 32.7 Å². The molecule has 0 fully saturated rings. The number of rotatable bonds is 3. The average molecular weight is 106 g/mol. The van der Waals surface area contributed by atoms with Crippen LogP contribution in [0.4, 0.5) is 0 Å². The molecule has 0 spiro atoms. The summed E-state index contributed by atoms with van der Waals surface area (Å²) in [6.45, 7) is -2.44. The fourth-order valence-corrected chi connectivity index (χ4v) is 0.173. The smallest absolute Gasteiger partial charge is 0.0523 e. The van der Waals surface area contributed by atoms with E-state index in [1.807, 2.05) is 0 Å². The summed E-state index contributed by atoms with van der Waals surface area (Å²) < 4.78 is 27.7.